The Balaban J connectivity index is 1.58. The molecule has 1 saturated heterocycles. The maximum absolute atomic E-state index is 12.8. The Labute approximate surface area is 173 Å². The van der Waals surface area contributed by atoms with Gasteiger partial charge >= 0.3 is 0 Å². The Morgan fingerprint density at radius 1 is 0.926 bits per heavy atom. The molecule has 0 N–H and O–H groups in total. The maximum Gasteiger partial charge on any atom is 0.244 e. The van der Waals surface area contributed by atoms with Crippen LogP contribution in [-0.2, 0) is 14.8 Å². The highest BCUT2D eigenvalue weighted by Gasteiger charge is 2.31. The highest BCUT2D eigenvalue weighted by atomic mass is 35.5. The summed E-state index contributed by atoms with van der Waals surface area (Å²) in [5.41, 5.74) is 0. The van der Waals surface area contributed by atoms with Crippen LogP contribution < -0.4 is 0 Å². The average Bonchev–Trinajstić information content (AvgIpc) is 2.67. The summed E-state index contributed by atoms with van der Waals surface area (Å²) in [6, 6.07) is 13.7. The molecular formula is C18H18Cl2N2O3S2. The molecule has 2 aromatic carbocycles. The van der Waals surface area contributed by atoms with E-state index in [1.165, 1.54) is 22.1 Å². The van der Waals surface area contributed by atoms with E-state index in [0.717, 1.165) is 4.90 Å². The van der Waals surface area contributed by atoms with Crippen molar-refractivity contribution >= 4 is 50.9 Å². The van der Waals surface area contributed by atoms with Crippen LogP contribution >= 0.6 is 35.0 Å². The molecule has 5 nitrogen and oxygen atoms in total. The number of carbonyl (C=O) groups is 1. The van der Waals surface area contributed by atoms with E-state index < -0.39 is 10.0 Å². The van der Waals surface area contributed by atoms with E-state index in [1.807, 2.05) is 18.2 Å². The number of nitrogens with zero attached hydrogens (tertiary/aromatic N) is 2. The van der Waals surface area contributed by atoms with Crippen molar-refractivity contribution in [3.63, 3.8) is 0 Å². The molecular weight excluding hydrogens is 427 g/mol. The highest BCUT2D eigenvalue weighted by molar-refractivity contribution is 8.00. The molecule has 0 unspecified atom stereocenters. The van der Waals surface area contributed by atoms with Gasteiger partial charge in [0.05, 0.1) is 15.8 Å². The zero-order valence-corrected chi connectivity index (χ0v) is 17.5. The second kappa shape index (κ2) is 8.84. The van der Waals surface area contributed by atoms with Crippen molar-refractivity contribution in [3.8, 4) is 0 Å². The number of hydrogen-bond donors (Lipinski definition) is 0. The van der Waals surface area contributed by atoms with E-state index >= 15 is 0 Å². The molecule has 0 saturated carbocycles. The lowest BCUT2D eigenvalue weighted by Gasteiger charge is -2.34. The number of carbonyl (C=O) groups excluding carboxylic acids is 1. The van der Waals surface area contributed by atoms with Crippen LogP contribution in [0.5, 0.6) is 0 Å². The topological polar surface area (TPSA) is 57.7 Å². The third kappa shape index (κ3) is 4.78. The van der Waals surface area contributed by atoms with Gasteiger partial charge in [-0.2, -0.15) is 4.31 Å². The second-order valence-electron chi connectivity index (χ2n) is 5.93. The lowest BCUT2D eigenvalue weighted by Crippen LogP contribution is -2.51. The van der Waals surface area contributed by atoms with Crippen molar-refractivity contribution in [3.05, 3.63) is 58.6 Å². The molecule has 1 aliphatic rings. The fourth-order valence-electron chi connectivity index (χ4n) is 2.76. The normalized spacial score (nSPS) is 15.7. The molecule has 0 spiro atoms. The molecule has 144 valence electrons. The van der Waals surface area contributed by atoms with Crippen LogP contribution in [0.25, 0.3) is 0 Å². The van der Waals surface area contributed by atoms with Crippen LogP contribution in [0.2, 0.25) is 10.0 Å². The van der Waals surface area contributed by atoms with Gasteiger partial charge in [-0.25, -0.2) is 8.42 Å². The standard InChI is InChI=1S/C18H18Cl2N2O3S2/c19-14-5-1-3-7-16(14)26-13-18(23)21-9-11-22(12-10-21)27(24,25)17-8-4-2-6-15(17)20/h1-8H,9-13H2. The number of benzene rings is 2. The van der Waals surface area contributed by atoms with E-state index in [-0.39, 0.29) is 34.7 Å². The van der Waals surface area contributed by atoms with Crippen molar-refractivity contribution in [2.24, 2.45) is 0 Å². The van der Waals surface area contributed by atoms with Gasteiger partial charge in [0.1, 0.15) is 4.90 Å². The number of sulfonamides is 1. The zero-order valence-electron chi connectivity index (χ0n) is 14.3. The molecule has 3 rings (SSSR count). The summed E-state index contributed by atoms with van der Waals surface area (Å²) in [7, 11) is -3.66. The first kappa shape index (κ1) is 20.5. The van der Waals surface area contributed by atoms with E-state index in [1.54, 1.807) is 29.2 Å². The van der Waals surface area contributed by atoms with Gasteiger partial charge in [0, 0.05) is 31.1 Å². The molecule has 0 aliphatic carbocycles. The van der Waals surface area contributed by atoms with Gasteiger partial charge in [0.25, 0.3) is 0 Å². The molecule has 1 fully saturated rings. The minimum absolute atomic E-state index is 0.0327. The van der Waals surface area contributed by atoms with E-state index in [2.05, 4.69) is 0 Å². The SMILES string of the molecule is O=C(CSc1ccccc1Cl)N1CCN(S(=O)(=O)c2ccccc2Cl)CC1. The summed E-state index contributed by atoms with van der Waals surface area (Å²) in [6.07, 6.45) is 0. The quantitative estimate of drug-likeness (QED) is 0.660. The fraction of sp³-hybridized carbons (Fsp3) is 0.278. The van der Waals surface area contributed by atoms with Crippen LogP contribution in [0, 0.1) is 0 Å². The van der Waals surface area contributed by atoms with E-state index in [9.17, 15) is 13.2 Å². The maximum atomic E-state index is 12.8. The number of piperazine rings is 1. The first-order valence-electron chi connectivity index (χ1n) is 8.29. The van der Waals surface area contributed by atoms with Gasteiger partial charge in [-0.15, -0.1) is 11.8 Å². The molecule has 1 amide bonds. The van der Waals surface area contributed by atoms with Gasteiger partial charge in [0.2, 0.25) is 15.9 Å². The monoisotopic (exact) mass is 444 g/mol. The lowest BCUT2D eigenvalue weighted by atomic mass is 10.3. The Morgan fingerprint density at radius 3 is 2.15 bits per heavy atom. The Kier molecular flexibility index (Phi) is 6.70. The molecule has 1 heterocycles. The minimum atomic E-state index is -3.66. The van der Waals surface area contributed by atoms with Gasteiger partial charge in [-0.05, 0) is 24.3 Å². The summed E-state index contributed by atoms with van der Waals surface area (Å²) in [5.74, 6) is 0.232. The van der Waals surface area contributed by atoms with Crippen LogP contribution in [-0.4, -0.2) is 55.5 Å². The van der Waals surface area contributed by atoms with E-state index in [0.29, 0.717) is 18.1 Å². The average molecular weight is 445 g/mol. The highest BCUT2D eigenvalue weighted by Crippen LogP contribution is 2.28. The number of rotatable bonds is 5. The molecule has 2 aromatic rings. The molecule has 1 aliphatic heterocycles. The van der Waals surface area contributed by atoms with Crippen molar-refractivity contribution < 1.29 is 13.2 Å². The molecule has 0 atom stereocenters. The van der Waals surface area contributed by atoms with Gasteiger partial charge in [0.15, 0.2) is 0 Å². The van der Waals surface area contributed by atoms with Crippen LogP contribution in [0.15, 0.2) is 58.3 Å². The lowest BCUT2D eigenvalue weighted by molar-refractivity contribution is -0.129. The summed E-state index contributed by atoms with van der Waals surface area (Å²) in [6.45, 7) is 1.20. The third-order valence-electron chi connectivity index (χ3n) is 4.23. The third-order valence-corrected chi connectivity index (χ3v) is 8.13. The zero-order chi connectivity index (χ0) is 19.4. The van der Waals surface area contributed by atoms with Crippen LogP contribution in [0.1, 0.15) is 0 Å². The Morgan fingerprint density at radius 2 is 1.52 bits per heavy atom. The predicted octanol–water partition coefficient (Wildman–Crippen LogP) is 3.62. The number of thioether (sulfide) groups is 1. The molecule has 0 bridgehead atoms. The summed E-state index contributed by atoms with van der Waals surface area (Å²) in [5, 5.41) is 0.818. The van der Waals surface area contributed by atoms with E-state index in [4.69, 9.17) is 23.2 Å². The molecule has 0 radical (unpaired) electrons. The summed E-state index contributed by atoms with van der Waals surface area (Å²) < 4.78 is 26.9. The van der Waals surface area contributed by atoms with Gasteiger partial charge in [-0.1, -0.05) is 47.5 Å². The number of halogens is 2. The number of hydrogen-bond acceptors (Lipinski definition) is 4. The number of amides is 1. The summed E-state index contributed by atoms with van der Waals surface area (Å²) >= 11 is 13.5. The van der Waals surface area contributed by atoms with Gasteiger partial charge < -0.3 is 4.90 Å². The second-order valence-corrected chi connectivity index (χ2v) is 9.67. The van der Waals surface area contributed by atoms with Crippen molar-refractivity contribution in [2.75, 3.05) is 31.9 Å². The summed E-state index contributed by atoms with van der Waals surface area (Å²) in [4.78, 5) is 15.1. The van der Waals surface area contributed by atoms with Crippen molar-refractivity contribution in [1.82, 2.24) is 9.21 Å². The van der Waals surface area contributed by atoms with Crippen molar-refractivity contribution in [1.29, 1.82) is 0 Å². The largest absolute Gasteiger partial charge is 0.339 e. The van der Waals surface area contributed by atoms with Crippen molar-refractivity contribution in [2.45, 2.75) is 9.79 Å². The first-order valence-corrected chi connectivity index (χ1v) is 11.5. The molecule has 27 heavy (non-hydrogen) atoms. The Bertz CT molecular complexity index is 930. The van der Waals surface area contributed by atoms with Crippen LogP contribution in [0.4, 0.5) is 0 Å². The predicted molar refractivity (Wildman–Crippen MR) is 109 cm³/mol. The first-order chi connectivity index (χ1) is 12.9. The van der Waals surface area contributed by atoms with Gasteiger partial charge in [-0.3, -0.25) is 4.79 Å². The smallest absolute Gasteiger partial charge is 0.244 e. The Hall–Kier alpha value is -1.25. The molecule has 9 heteroatoms. The molecule has 0 aromatic heterocycles. The fourth-order valence-corrected chi connectivity index (χ4v) is 5.82. The minimum Gasteiger partial charge on any atom is -0.339 e. The van der Waals surface area contributed by atoms with Crippen LogP contribution in [0.3, 0.4) is 0 Å².